The molecule has 0 heterocycles. The second-order valence-corrected chi connectivity index (χ2v) is 4.20. The lowest BCUT2D eigenvalue weighted by molar-refractivity contribution is -0.870. The van der Waals surface area contributed by atoms with Crippen LogP contribution in [0.2, 0.25) is 0 Å². The van der Waals surface area contributed by atoms with Crippen LogP contribution in [0, 0.1) is 5.92 Å². The molecule has 0 N–H and O–H groups in total. The van der Waals surface area contributed by atoms with Gasteiger partial charge in [0.05, 0.1) is 27.7 Å². The fraction of sp³-hybridized carbons (Fsp3) is 1.00. The van der Waals surface area contributed by atoms with Crippen LogP contribution < -0.4 is 17.0 Å². The van der Waals surface area contributed by atoms with Crippen LogP contribution >= 0.6 is 0 Å². The van der Waals surface area contributed by atoms with E-state index in [1.165, 1.54) is 13.0 Å². The van der Waals surface area contributed by atoms with Gasteiger partial charge in [-0.2, -0.15) is 0 Å². The van der Waals surface area contributed by atoms with Crippen LogP contribution in [0.5, 0.6) is 0 Å². The monoisotopic (exact) mass is 209 g/mol. The first-order chi connectivity index (χ1) is 3.92. The molecule has 2 heteroatoms. The predicted molar refractivity (Wildman–Crippen MR) is 42.4 cm³/mol. The van der Waals surface area contributed by atoms with Crippen molar-refractivity contribution in [3.8, 4) is 0 Å². The molecule has 0 spiro atoms. The molecule has 0 unspecified atom stereocenters. The van der Waals surface area contributed by atoms with Gasteiger partial charge in [0.15, 0.2) is 0 Å². The van der Waals surface area contributed by atoms with Gasteiger partial charge in [-0.05, 0) is 12.3 Å². The maximum atomic E-state index is 2.27. The molecule has 0 radical (unpaired) electrons. The zero-order valence-electron chi connectivity index (χ0n) is 7.82. The average Bonchev–Trinajstić information content (AvgIpc) is 1.59. The van der Waals surface area contributed by atoms with E-state index in [1.54, 1.807) is 0 Å². The first-order valence-corrected chi connectivity index (χ1v) is 3.72. The van der Waals surface area contributed by atoms with Crippen LogP contribution in [0.15, 0.2) is 0 Å². The second-order valence-electron chi connectivity index (χ2n) is 4.20. The van der Waals surface area contributed by atoms with Gasteiger partial charge >= 0.3 is 0 Å². The van der Waals surface area contributed by atoms with Crippen molar-refractivity contribution in [2.24, 2.45) is 5.92 Å². The molecule has 0 bridgehead atoms. The molecule has 10 heavy (non-hydrogen) atoms. The van der Waals surface area contributed by atoms with E-state index < -0.39 is 0 Å². The summed E-state index contributed by atoms with van der Waals surface area (Å²) in [5.41, 5.74) is 0. The zero-order chi connectivity index (χ0) is 7.49. The van der Waals surface area contributed by atoms with Crippen LogP contribution in [0.4, 0.5) is 0 Å². The highest BCUT2D eigenvalue weighted by Crippen LogP contribution is 2.02. The highest BCUT2D eigenvalue weighted by atomic mass is 79.9. The summed E-state index contributed by atoms with van der Waals surface area (Å²) in [5, 5.41) is 0. The number of hydrogen-bond acceptors (Lipinski definition) is 0. The third-order valence-corrected chi connectivity index (χ3v) is 1.38. The molecule has 0 aromatic rings. The van der Waals surface area contributed by atoms with Gasteiger partial charge < -0.3 is 21.5 Å². The molecule has 0 aliphatic carbocycles. The molecular formula is C8H20BrN. The van der Waals surface area contributed by atoms with Crippen molar-refractivity contribution in [1.29, 1.82) is 0 Å². The summed E-state index contributed by atoms with van der Waals surface area (Å²) >= 11 is 0. The molecule has 0 aromatic carbocycles. The normalized spacial score (nSPS) is 11.4. The first-order valence-electron chi connectivity index (χ1n) is 3.72. The van der Waals surface area contributed by atoms with Crippen molar-refractivity contribution < 1.29 is 21.5 Å². The Hall–Kier alpha value is 0.440. The molecule has 0 amide bonds. The molecule has 0 atom stereocenters. The van der Waals surface area contributed by atoms with Gasteiger partial charge in [-0.25, -0.2) is 0 Å². The number of hydrogen-bond donors (Lipinski definition) is 0. The molecule has 0 rings (SSSR count). The van der Waals surface area contributed by atoms with Gasteiger partial charge in [-0.1, -0.05) is 13.8 Å². The minimum atomic E-state index is 0. The summed E-state index contributed by atoms with van der Waals surface area (Å²) in [7, 11) is 6.72. The molecule has 0 fully saturated rings. The molecule has 0 aliphatic rings. The van der Waals surface area contributed by atoms with Gasteiger partial charge in [-0.3, -0.25) is 0 Å². The van der Waals surface area contributed by atoms with E-state index >= 15 is 0 Å². The van der Waals surface area contributed by atoms with Crippen molar-refractivity contribution in [1.82, 2.24) is 0 Å². The van der Waals surface area contributed by atoms with Gasteiger partial charge in [0.1, 0.15) is 0 Å². The third kappa shape index (κ3) is 11.3. The lowest BCUT2D eigenvalue weighted by atomic mass is 10.1. The fourth-order valence-corrected chi connectivity index (χ4v) is 0.645. The van der Waals surface area contributed by atoms with Crippen LogP contribution in [0.25, 0.3) is 0 Å². The summed E-state index contributed by atoms with van der Waals surface area (Å²) in [6.07, 6.45) is 1.34. The van der Waals surface area contributed by atoms with E-state index in [9.17, 15) is 0 Å². The maximum absolute atomic E-state index is 2.27. The van der Waals surface area contributed by atoms with Gasteiger partial charge in [0, 0.05) is 0 Å². The van der Waals surface area contributed by atoms with Crippen LogP contribution in [-0.2, 0) is 0 Å². The van der Waals surface area contributed by atoms with Gasteiger partial charge in [0.25, 0.3) is 0 Å². The molecule has 1 nitrogen and oxygen atoms in total. The molecule has 0 saturated heterocycles. The Balaban J connectivity index is 0. The quantitative estimate of drug-likeness (QED) is 0.510. The van der Waals surface area contributed by atoms with Crippen LogP contribution in [0.3, 0.4) is 0 Å². The van der Waals surface area contributed by atoms with Crippen molar-refractivity contribution >= 4 is 0 Å². The minimum absolute atomic E-state index is 0. The number of halogens is 1. The summed E-state index contributed by atoms with van der Waals surface area (Å²) in [5.74, 6) is 0.849. The Labute approximate surface area is 75.8 Å². The molecular weight excluding hydrogens is 190 g/mol. The van der Waals surface area contributed by atoms with E-state index in [0.29, 0.717) is 0 Å². The topological polar surface area (TPSA) is 0 Å². The first kappa shape index (κ1) is 13.1. The summed E-state index contributed by atoms with van der Waals surface area (Å²) in [4.78, 5) is 0. The molecule has 0 saturated carbocycles. The Bertz CT molecular complexity index is 73.8. The minimum Gasteiger partial charge on any atom is -1.00 e. The molecule has 64 valence electrons. The van der Waals surface area contributed by atoms with Crippen LogP contribution in [0.1, 0.15) is 20.3 Å². The Kier molecular flexibility index (Phi) is 6.71. The zero-order valence-corrected chi connectivity index (χ0v) is 9.40. The van der Waals surface area contributed by atoms with E-state index in [1.807, 2.05) is 0 Å². The lowest BCUT2D eigenvalue weighted by Gasteiger charge is -2.24. The fourth-order valence-electron chi connectivity index (χ4n) is 0.645. The number of rotatable bonds is 3. The van der Waals surface area contributed by atoms with Crippen molar-refractivity contribution in [3.05, 3.63) is 0 Å². The Morgan fingerprint density at radius 2 is 1.50 bits per heavy atom. The lowest BCUT2D eigenvalue weighted by Crippen LogP contribution is -3.00. The largest absolute Gasteiger partial charge is 1.00 e. The van der Waals surface area contributed by atoms with E-state index in [-0.39, 0.29) is 17.0 Å². The number of nitrogens with zero attached hydrogens (tertiary/aromatic N) is 1. The second kappa shape index (κ2) is 5.14. The van der Waals surface area contributed by atoms with E-state index in [4.69, 9.17) is 0 Å². The Morgan fingerprint density at radius 3 is 1.60 bits per heavy atom. The SMILES string of the molecule is CC(C)CC[N+](C)(C)C.[Br-]. The Morgan fingerprint density at radius 1 is 1.10 bits per heavy atom. The average molecular weight is 210 g/mol. The molecule has 0 aromatic heterocycles. The van der Waals surface area contributed by atoms with Gasteiger partial charge in [-0.15, -0.1) is 0 Å². The van der Waals surface area contributed by atoms with Crippen molar-refractivity contribution in [3.63, 3.8) is 0 Å². The third-order valence-electron chi connectivity index (χ3n) is 1.38. The maximum Gasteiger partial charge on any atom is 0.0782 e. The predicted octanol–water partition coefficient (Wildman–Crippen LogP) is -1.26. The van der Waals surface area contributed by atoms with Crippen molar-refractivity contribution in [2.45, 2.75) is 20.3 Å². The van der Waals surface area contributed by atoms with Gasteiger partial charge in [0.2, 0.25) is 0 Å². The summed E-state index contributed by atoms with van der Waals surface area (Å²) in [6, 6.07) is 0. The van der Waals surface area contributed by atoms with Crippen molar-refractivity contribution in [2.75, 3.05) is 27.7 Å². The molecule has 0 aliphatic heterocycles. The number of quaternary nitrogens is 1. The highest BCUT2D eigenvalue weighted by Gasteiger charge is 2.06. The van der Waals surface area contributed by atoms with E-state index in [2.05, 4.69) is 35.0 Å². The van der Waals surface area contributed by atoms with E-state index in [0.717, 1.165) is 10.4 Å². The summed E-state index contributed by atoms with van der Waals surface area (Å²) in [6.45, 7) is 5.84. The smallest absolute Gasteiger partial charge is 0.0782 e. The van der Waals surface area contributed by atoms with Crippen LogP contribution in [-0.4, -0.2) is 32.2 Å². The standard InChI is InChI=1S/C8H20N.BrH/c1-8(2)6-7-9(3,4)5;/h8H,6-7H2,1-5H3;1H/q+1;/p-1. The summed E-state index contributed by atoms with van der Waals surface area (Å²) < 4.78 is 1.10. The highest BCUT2D eigenvalue weighted by molar-refractivity contribution is 4.41.